The minimum Gasteiger partial charge on any atom is -0.310 e. The molecule has 1 saturated heterocycles. The molecule has 3 nitrogen and oxygen atoms in total. The van der Waals surface area contributed by atoms with Crippen LogP contribution in [0.4, 0.5) is 0 Å². The lowest BCUT2D eigenvalue weighted by Gasteiger charge is -2.09. The van der Waals surface area contributed by atoms with Crippen LogP contribution in [0.25, 0.3) is 0 Å². The highest BCUT2D eigenvalue weighted by Crippen LogP contribution is 2.26. The lowest BCUT2D eigenvalue weighted by molar-refractivity contribution is 0.640. The minimum atomic E-state index is 0.545. The van der Waals surface area contributed by atoms with Crippen LogP contribution < -0.4 is 5.32 Å². The highest BCUT2D eigenvalue weighted by Gasteiger charge is 2.21. The predicted octanol–water partition coefficient (Wildman–Crippen LogP) is 1.45. The van der Waals surface area contributed by atoms with Gasteiger partial charge in [0.1, 0.15) is 0 Å². The second-order valence-electron chi connectivity index (χ2n) is 3.50. The number of hydrogen-bond acceptors (Lipinski definition) is 2. The Morgan fingerprint density at radius 2 is 2.25 bits per heavy atom. The van der Waals surface area contributed by atoms with Gasteiger partial charge in [-0.3, -0.25) is 5.10 Å². The van der Waals surface area contributed by atoms with Gasteiger partial charge in [0, 0.05) is 17.3 Å². The lowest BCUT2D eigenvalue weighted by Crippen LogP contribution is -2.14. The molecule has 2 heterocycles. The van der Waals surface area contributed by atoms with Gasteiger partial charge in [0.05, 0.1) is 5.69 Å². The third-order valence-electron chi connectivity index (χ3n) is 2.59. The summed E-state index contributed by atoms with van der Waals surface area (Å²) in [5.41, 5.74) is 3.74. The zero-order chi connectivity index (χ0) is 8.55. The van der Waals surface area contributed by atoms with Crippen molar-refractivity contribution in [3.63, 3.8) is 0 Å². The Hall–Kier alpha value is -0.830. The molecule has 0 bridgehead atoms. The van der Waals surface area contributed by atoms with Crippen molar-refractivity contribution in [1.29, 1.82) is 0 Å². The molecule has 0 saturated carbocycles. The van der Waals surface area contributed by atoms with E-state index in [9.17, 15) is 0 Å². The largest absolute Gasteiger partial charge is 0.310 e. The van der Waals surface area contributed by atoms with Gasteiger partial charge in [0.25, 0.3) is 0 Å². The first-order valence-electron chi connectivity index (χ1n) is 4.54. The summed E-state index contributed by atoms with van der Waals surface area (Å²) in [6.07, 6.45) is 2.54. The molecular formula is C9H15N3. The third-order valence-corrected chi connectivity index (χ3v) is 2.59. The van der Waals surface area contributed by atoms with Gasteiger partial charge in [-0.05, 0) is 33.2 Å². The zero-order valence-electron chi connectivity index (χ0n) is 7.65. The molecule has 0 amide bonds. The van der Waals surface area contributed by atoms with Crippen molar-refractivity contribution in [2.75, 3.05) is 6.54 Å². The maximum Gasteiger partial charge on any atom is 0.0641 e. The van der Waals surface area contributed by atoms with Crippen molar-refractivity contribution < 1.29 is 0 Å². The first-order valence-corrected chi connectivity index (χ1v) is 4.54. The zero-order valence-corrected chi connectivity index (χ0v) is 7.65. The molecule has 0 radical (unpaired) electrons. The van der Waals surface area contributed by atoms with Gasteiger partial charge in [-0.25, -0.2) is 0 Å². The predicted molar refractivity (Wildman–Crippen MR) is 48.0 cm³/mol. The Kier molecular flexibility index (Phi) is 1.89. The summed E-state index contributed by atoms with van der Waals surface area (Å²) in [7, 11) is 0. The Labute approximate surface area is 72.6 Å². The summed E-state index contributed by atoms with van der Waals surface area (Å²) in [6.45, 7) is 5.31. The summed E-state index contributed by atoms with van der Waals surface area (Å²) in [5, 5.41) is 10.7. The maximum atomic E-state index is 4.20. The van der Waals surface area contributed by atoms with Crippen LogP contribution in [-0.4, -0.2) is 16.7 Å². The molecule has 12 heavy (non-hydrogen) atoms. The molecule has 0 aliphatic carbocycles. The van der Waals surface area contributed by atoms with Gasteiger partial charge >= 0.3 is 0 Å². The Morgan fingerprint density at radius 3 is 2.75 bits per heavy atom. The number of aromatic amines is 1. The molecule has 1 aromatic heterocycles. The number of aryl methyl sites for hydroxylation is 2. The van der Waals surface area contributed by atoms with Crippen LogP contribution in [-0.2, 0) is 0 Å². The molecule has 1 aliphatic heterocycles. The van der Waals surface area contributed by atoms with Gasteiger partial charge in [-0.2, -0.15) is 5.10 Å². The normalized spacial score (nSPS) is 23.3. The minimum absolute atomic E-state index is 0.545. The molecule has 1 fully saturated rings. The van der Waals surface area contributed by atoms with Gasteiger partial charge in [-0.1, -0.05) is 0 Å². The molecule has 0 spiro atoms. The third kappa shape index (κ3) is 1.14. The fraction of sp³-hybridized carbons (Fsp3) is 0.667. The van der Waals surface area contributed by atoms with Crippen LogP contribution in [0.15, 0.2) is 0 Å². The molecule has 1 atom stereocenters. The first kappa shape index (κ1) is 7.80. The Balaban J connectivity index is 2.30. The number of rotatable bonds is 1. The van der Waals surface area contributed by atoms with Crippen LogP contribution in [0.1, 0.15) is 35.8 Å². The molecule has 66 valence electrons. The summed E-state index contributed by atoms with van der Waals surface area (Å²) in [6, 6.07) is 0.545. The highest BCUT2D eigenvalue weighted by molar-refractivity contribution is 5.27. The second-order valence-corrected chi connectivity index (χ2v) is 3.50. The SMILES string of the molecule is Cc1n[nH]c(C)c1[C@H]1CCCN1. The van der Waals surface area contributed by atoms with Crippen LogP contribution >= 0.6 is 0 Å². The summed E-state index contributed by atoms with van der Waals surface area (Å²) in [4.78, 5) is 0. The first-order chi connectivity index (χ1) is 5.79. The molecule has 1 aliphatic rings. The number of hydrogen-bond donors (Lipinski definition) is 2. The molecule has 0 unspecified atom stereocenters. The maximum absolute atomic E-state index is 4.20. The smallest absolute Gasteiger partial charge is 0.0641 e. The molecule has 2 rings (SSSR count). The topological polar surface area (TPSA) is 40.7 Å². The number of aromatic nitrogens is 2. The van der Waals surface area contributed by atoms with Crippen LogP contribution in [0.5, 0.6) is 0 Å². The van der Waals surface area contributed by atoms with E-state index in [0.29, 0.717) is 6.04 Å². The Morgan fingerprint density at radius 1 is 1.42 bits per heavy atom. The Bertz CT molecular complexity index is 252. The molecule has 3 heteroatoms. The summed E-state index contributed by atoms with van der Waals surface area (Å²) in [5.74, 6) is 0. The average Bonchev–Trinajstić information content (AvgIpc) is 2.61. The van der Waals surface area contributed by atoms with Crippen LogP contribution in [0.3, 0.4) is 0 Å². The van der Waals surface area contributed by atoms with E-state index in [0.717, 1.165) is 12.2 Å². The van der Waals surface area contributed by atoms with Gasteiger partial charge in [-0.15, -0.1) is 0 Å². The molecule has 0 aromatic carbocycles. The van der Waals surface area contributed by atoms with E-state index in [-0.39, 0.29) is 0 Å². The van der Waals surface area contributed by atoms with E-state index >= 15 is 0 Å². The number of H-pyrrole nitrogens is 1. The van der Waals surface area contributed by atoms with Gasteiger partial charge < -0.3 is 5.32 Å². The van der Waals surface area contributed by atoms with E-state index in [1.807, 2.05) is 0 Å². The van der Waals surface area contributed by atoms with Gasteiger partial charge in [0.15, 0.2) is 0 Å². The second kappa shape index (κ2) is 2.90. The monoisotopic (exact) mass is 165 g/mol. The van der Waals surface area contributed by atoms with Crippen molar-refractivity contribution >= 4 is 0 Å². The van der Waals surface area contributed by atoms with Crippen molar-refractivity contribution in [2.24, 2.45) is 0 Å². The van der Waals surface area contributed by atoms with E-state index in [2.05, 4.69) is 29.4 Å². The van der Waals surface area contributed by atoms with Crippen molar-refractivity contribution in [3.8, 4) is 0 Å². The van der Waals surface area contributed by atoms with E-state index in [1.54, 1.807) is 0 Å². The van der Waals surface area contributed by atoms with Crippen molar-refractivity contribution in [3.05, 3.63) is 17.0 Å². The summed E-state index contributed by atoms with van der Waals surface area (Å²) < 4.78 is 0. The molecular weight excluding hydrogens is 150 g/mol. The fourth-order valence-corrected chi connectivity index (χ4v) is 2.00. The van der Waals surface area contributed by atoms with Gasteiger partial charge in [0.2, 0.25) is 0 Å². The number of nitrogens with zero attached hydrogens (tertiary/aromatic N) is 1. The molecule has 1 aromatic rings. The standard InChI is InChI=1S/C9H15N3/c1-6-9(7(2)12-11-6)8-4-3-5-10-8/h8,10H,3-5H2,1-2H3,(H,11,12)/t8-/m1/s1. The van der Waals surface area contributed by atoms with Crippen LogP contribution in [0, 0.1) is 13.8 Å². The molecule has 2 N–H and O–H groups in total. The summed E-state index contributed by atoms with van der Waals surface area (Å²) >= 11 is 0. The van der Waals surface area contributed by atoms with Crippen LogP contribution in [0.2, 0.25) is 0 Å². The average molecular weight is 165 g/mol. The van der Waals surface area contributed by atoms with Crippen molar-refractivity contribution in [2.45, 2.75) is 32.7 Å². The lowest BCUT2D eigenvalue weighted by atomic mass is 10.0. The quantitative estimate of drug-likeness (QED) is 0.661. The van der Waals surface area contributed by atoms with Crippen molar-refractivity contribution in [1.82, 2.24) is 15.5 Å². The number of nitrogens with one attached hydrogen (secondary N) is 2. The van der Waals surface area contributed by atoms with E-state index in [1.165, 1.54) is 24.1 Å². The van der Waals surface area contributed by atoms with E-state index < -0.39 is 0 Å². The fourth-order valence-electron chi connectivity index (χ4n) is 2.00. The van der Waals surface area contributed by atoms with E-state index in [4.69, 9.17) is 0 Å². The highest BCUT2D eigenvalue weighted by atomic mass is 15.1.